The smallest absolute Gasteiger partial charge is 0.0650 e. The highest BCUT2D eigenvalue weighted by atomic mass is 14.8. The lowest BCUT2D eigenvalue weighted by atomic mass is 9.81. The standard InChI is InChI=1S/C16H23N/c1-15(2,3)12-8-7-11-10-17-14(13(11)9-12)16(4,5)6/h7-9H,10H2,1-6H3. The van der Waals surface area contributed by atoms with Crippen LogP contribution in [0.1, 0.15) is 58.2 Å². The highest BCUT2D eigenvalue weighted by molar-refractivity contribution is 6.07. The fourth-order valence-corrected chi connectivity index (χ4v) is 2.29. The number of hydrogen-bond acceptors (Lipinski definition) is 1. The first-order valence-electron chi connectivity index (χ1n) is 6.38. The van der Waals surface area contributed by atoms with Crippen LogP contribution in [0.3, 0.4) is 0 Å². The molecule has 0 bridgehead atoms. The lowest BCUT2D eigenvalue weighted by Gasteiger charge is -2.23. The molecule has 1 heteroatoms. The first-order valence-corrected chi connectivity index (χ1v) is 6.38. The Morgan fingerprint density at radius 1 is 0.941 bits per heavy atom. The third kappa shape index (κ3) is 2.29. The Morgan fingerprint density at radius 3 is 2.12 bits per heavy atom. The summed E-state index contributed by atoms with van der Waals surface area (Å²) in [6, 6.07) is 6.84. The highest BCUT2D eigenvalue weighted by Crippen LogP contribution is 2.33. The van der Waals surface area contributed by atoms with Crippen molar-refractivity contribution >= 4 is 5.71 Å². The van der Waals surface area contributed by atoms with Crippen LogP contribution in [0.25, 0.3) is 0 Å². The first kappa shape index (κ1) is 12.3. The number of hydrogen-bond donors (Lipinski definition) is 0. The zero-order valence-electron chi connectivity index (χ0n) is 11.9. The predicted molar refractivity (Wildman–Crippen MR) is 74.8 cm³/mol. The molecule has 1 aromatic rings. The number of aliphatic imine (C=N–C) groups is 1. The SMILES string of the molecule is CC(C)(C)C1=NCc2ccc(C(C)(C)C)cc21. The summed E-state index contributed by atoms with van der Waals surface area (Å²) in [5.74, 6) is 0. The molecule has 0 spiro atoms. The number of fused-ring (bicyclic) bond motifs is 1. The molecular weight excluding hydrogens is 206 g/mol. The van der Waals surface area contributed by atoms with Gasteiger partial charge in [0.05, 0.1) is 6.54 Å². The monoisotopic (exact) mass is 229 g/mol. The number of nitrogens with zero attached hydrogens (tertiary/aromatic N) is 1. The van der Waals surface area contributed by atoms with Crippen molar-refractivity contribution in [1.82, 2.24) is 0 Å². The van der Waals surface area contributed by atoms with Crippen LogP contribution in [0.4, 0.5) is 0 Å². The minimum Gasteiger partial charge on any atom is -0.284 e. The molecule has 1 aromatic carbocycles. The van der Waals surface area contributed by atoms with Gasteiger partial charge in [-0.2, -0.15) is 0 Å². The van der Waals surface area contributed by atoms with Gasteiger partial charge < -0.3 is 0 Å². The van der Waals surface area contributed by atoms with Crippen LogP contribution >= 0.6 is 0 Å². The molecule has 17 heavy (non-hydrogen) atoms. The van der Waals surface area contributed by atoms with Crippen molar-refractivity contribution in [3.05, 3.63) is 34.9 Å². The van der Waals surface area contributed by atoms with Crippen molar-refractivity contribution in [2.75, 3.05) is 0 Å². The summed E-state index contributed by atoms with van der Waals surface area (Å²) < 4.78 is 0. The van der Waals surface area contributed by atoms with Crippen molar-refractivity contribution in [3.8, 4) is 0 Å². The molecule has 1 heterocycles. The molecule has 0 amide bonds. The Balaban J connectivity index is 2.50. The van der Waals surface area contributed by atoms with Crippen LogP contribution in [-0.2, 0) is 12.0 Å². The minimum atomic E-state index is 0.141. The number of benzene rings is 1. The van der Waals surface area contributed by atoms with Crippen molar-refractivity contribution in [2.24, 2.45) is 10.4 Å². The zero-order chi connectivity index (χ0) is 12.8. The van der Waals surface area contributed by atoms with Gasteiger partial charge in [0.15, 0.2) is 0 Å². The molecule has 0 radical (unpaired) electrons. The van der Waals surface area contributed by atoms with E-state index < -0.39 is 0 Å². The molecule has 0 aromatic heterocycles. The zero-order valence-corrected chi connectivity index (χ0v) is 11.9. The second-order valence-electron chi connectivity index (χ2n) is 7.04. The second kappa shape index (κ2) is 3.69. The average Bonchev–Trinajstić information content (AvgIpc) is 2.57. The van der Waals surface area contributed by atoms with Gasteiger partial charge in [0.1, 0.15) is 0 Å². The number of rotatable bonds is 0. The topological polar surface area (TPSA) is 12.4 Å². The summed E-state index contributed by atoms with van der Waals surface area (Å²) in [7, 11) is 0. The van der Waals surface area contributed by atoms with Crippen molar-refractivity contribution in [3.63, 3.8) is 0 Å². The van der Waals surface area contributed by atoms with E-state index in [2.05, 4.69) is 59.7 Å². The molecule has 0 saturated carbocycles. The van der Waals surface area contributed by atoms with Crippen LogP contribution in [-0.4, -0.2) is 5.71 Å². The van der Waals surface area contributed by atoms with Gasteiger partial charge in [0.2, 0.25) is 0 Å². The molecule has 0 atom stereocenters. The van der Waals surface area contributed by atoms with Gasteiger partial charge in [-0.3, -0.25) is 4.99 Å². The lowest BCUT2D eigenvalue weighted by Crippen LogP contribution is -2.21. The fraction of sp³-hybridized carbons (Fsp3) is 0.562. The van der Waals surface area contributed by atoms with Gasteiger partial charge >= 0.3 is 0 Å². The van der Waals surface area contributed by atoms with Gasteiger partial charge in [0.25, 0.3) is 0 Å². The Kier molecular flexibility index (Phi) is 2.68. The van der Waals surface area contributed by atoms with E-state index in [4.69, 9.17) is 4.99 Å². The highest BCUT2D eigenvalue weighted by Gasteiger charge is 2.27. The van der Waals surface area contributed by atoms with E-state index in [0.717, 1.165) is 6.54 Å². The molecule has 1 nitrogen and oxygen atoms in total. The molecule has 0 aliphatic carbocycles. The van der Waals surface area contributed by atoms with Gasteiger partial charge in [-0.1, -0.05) is 53.7 Å². The van der Waals surface area contributed by atoms with E-state index in [9.17, 15) is 0 Å². The van der Waals surface area contributed by atoms with Gasteiger partial charge in [-0.15, -0.1) is 0 Å². The van der Waals surface area contributed by atoms with Gasteiger partial charge in [-0.25, -0.2) is 0 Å². The van der Waals surface area contributed by atoms with E-state index >= 15 is 0 Å². The van der Waals surface area contributed by atoms with Gasteiger partial charge in [0, 0.05) is 16.7 Å². The van der Waals surface area contributed by atoms with Crippen LogP contribution in [0.2, 0.25) is 0 Å². The summed E-state index contributed by atoms with van der Waals surface area (Å²) in [6.45, 7) is 14.4. The lowest BCUT2D eigenvalue weighted by molar-refractivity contribution is 0.585. The molecule has 0 fully saturated rings. The summed E-state index contributed by atoms with van der Waals surface area (Å²) in [5.41, 5.74) is 5.75. The molecule has 1 aliphatic heterocycles. The van der Waals surface area contributed by atoms with Crippen LogP contribution in [0.5, 0.6) is 0 Å². The summed E-state index contributed by atoms with van der Waals surface area (Å²) in [6.07, 6.45) is 0. The first-order chi connectivity index (χ1) is 7.69. The van der Waals surface area contributed by atoms with Crippen LogP contribution in [0.15, 0.2) is 23.2 Å². The summed E-state index contributed by atoms with van der Waals surface area (Å²) >= 11 is 0. The molecular formula is C16H23N. The minimum absolute atomic E-state index is 0.141. The van der Waals surface area contributed by atoms with E-state index in [1.807, 2.05) is 0 Å². The fourth-order valence-electron chi connectivity index (χ4n) is 2.29. The average molecular weight is 229 g/mol. The Morgan fingerprint density at radius 2 is 1.59 bits per heavy atom. The maximum absolute atomic E-state index is 4.71. The van der Waals surface area contributed by atoms with Crippen LogP contribution in [0, 0.1) is 5.41 Å². The summed E-state index contributed by atoms with van der Waals surface area (Å²) in [5, 5.41) is 0. The maximum atomic E-state index is 4.71. The van der Waals surface area contributed by atoms with E-state index in [1.54, 1.807) is 0 Å². The van der Waals surface area contributed by atoms with Gasteiger partial charge in [-0.05, 0) is 22.6 Å². The third-order valence-electron chi connectivity index (χ3n) is 3.35. The Bertz CT molecular complexity index is 467. The molecule has 0 N–H and O–H groups in total. The van der Waals surface area contributed by atoms with Crippen molar-refractivity contribution in [2.45, 2.75) is 53.5 Å². The largest absolute Gasteiger partial charge is 0.284 e. The molecule has 0 saturated heterocycles. The predicted octanol–water partition coefficient (Wildman–Crippen LogP) is 4.33. The molecule has 92 valence electrons. The quantitative estimate of drug-likeness (QED) is 0.628. The Hall–Kier alpha value is -1.11. The second-order valence-corrected chi connectivity index (χ2v) is 7.04. The molecule has 0 unspecified atom stereocenters. The molecule has 1 aliphatic rings. The third-order valence-corrected chi connectivity index (χ3v) is 3.35. The Labute approximate surface area is 105 Å². The molecule has 2 rings (SSSR count). The maximum Gasteiger partial charge on any atom is 0.0650 e. The van der Waals surface area contributed by atoms with E-state index in [1.165, 1.54) is 22.4 Å². The summed E-state index contributed by atoms with van der Waals surface area (Å²) in [4.78, 5) is 4.71. The van der Waals surface area contributed by atoms with Crippen LogP contribution < -0.4 is 0 Å². The van der Waals surface area contributed by atoms with Crippen molar-refractivity contribution < 1.29 is 0 Å². The van der Waals surface area contributed by atoms with E-state index in [0.29, 0.717) is 0 Å². The van der Waals surface area contributed by atoms with Crippen molar-refractivity contribution in [1.29, 1.82) is 0 Å². The van der Waals surface area contributed by atoms with E-state index in [-0.39, 0.29) is 10.8 Å². The normalized spacial score (nSPS) is 15.8.